The molecule has 10 heteroatoms. The number of methoxy groups -OCH3 is 4. The molecule has 2 saturated heterocycles. The Morgan fingerprint density at radius 1 is 0.944 bits per heavy atom. The predicted octanol–water partition coefficient (Wildman–Crippen LogP) is 2.68. The van der Waals surface area contributed by atoms with Crippen LogP contribution in [0.4, 0.5) is 0 Å². The molecule has 2 aliphatic heterocycles. The number of carbonyl (C=O) groups is 2. The maximum absolute atomic E-state index is 13.2. The number of ether oxygens (including phenoxy) is 4. The van der Waals surface area contributed by atoms with Gasteiger partial charge >= 0.3 is 6.01 Å². The average Bonchev–Trinajstić information content (AvgIpc) is 3.34. The highest BCUT2D eigenvalue weighted by Crippen LogP contribution is 2.41. The SMILES string of the molecule is COc1ccc(OC)c(C(=O)N2CCC3(CCN(C(=O)/C=C/c4cnc(OC)nc4OC)C3)CC2)c1. The van der Waals surface area contributed by atoms with Crippen molar-refractivity contribution < 1.29 is 28.5 Å². The van der Waals surface area contributed by atoms with Gasteiger partial charge in [0.25, 0.3) is 5.91 Å². The zero-order valence-electron chi connectivity index (χ0n) is 21.2. The summed E-state index contributed by atoms with van der Waals surface area (Å²) in [7, 11) is 6.12. The molecule has 0 N–H and O–H groups in total. The van der Waals surface area contributed by atoms with E-state index in [1.165, 1.54) is 20.3 Å². The fourth-order valence-electron chi connectivity index (χ4n) is 4.87. The molecule has 0 saturated carbocycles. The molecule has 2 fully saturated rings. The summed E-state index contributed by atoms with van der Waals surface area (Å²) in [4.78, 5) is 38.1. The summed E-state index contributed by atoms with van der Waals surface area (Å²) < 4.78 is 21.0. The molecule has 3 heterocycles. The molecule has 2 aliphatic rings. The summed E-state index contributed by atoms with van der Waals surface area (Å²) in [5.41, 5.74) is 1.12. The Morgan fingerprint density at radius 3 is 2.31 bits per heavy atom. The number of rotatable bonds is 7. The van der Waals surface area contributed by atoms with Crippen molar-refractivity contribution in [2.45, 2.75) is 19.3 Å². The van der Waals surface area contributed by atoms with Crippen LogP contribution in [0.3, 0.4) is 0 Å². The van der Waals surface area contributed by atoms with Crippen molar-refractivity contribution in [2.75, 3.05) is 54.6 Å². The van der Waals surface area contributed by atoms with Crippen molar-refractivity contribution in [1.82, 2.24) is 19.8 Å². The molecular formula is C26H32N4O6. The molecule has 0 bridgehead atoms. The third kappa shape index (κ3) is 5.22. The zero-order chi connectivity index (χ0) is 25.7. The Kier molecular flexibility index (Phi) is 7.61. The second-order valence-corrected chi connectivity index (χ2v) is 9.02. The zero-order valence-corrected chi connectivity index (χ0v) is 21.2. The van der Waals surface area contributed by atoms with Crippen LogP contribution in [0.1, 0.15) is 35.2 Å². The molecular weight excluding hydrogens is 464 g/mol. The van der Waals surface area contributed by atoms with E-state index in [1.54, 1.807) is 44.7 Å². The molecule has 2 amide bonds. The second kappa shape index (κ2) is 10.8. The van der Waals surface area contributed by atoms with Crippen LogP contribution >= 0.6 is 0 Å². The summed E-state index contributed by atoms with van der Waals surface area (Å²) >= 11 is 0. The largest absolute Gasteiger partial charge is 0.497 e. The minimum atomic E-state index is -0.0654. The number of nitrogens with zero attached hydrogens (tertiary/aromatic N) is 4. The number of likely N-dealkylation sites (tertiary alicyclic amines) is 2. The van der Waals surface area contributed by atoms with E-state index in [1.807, 2.05) is 9.80 Å². The maximum atomic E-state index is 13.2. The lowest BCUT2D eigenvalue weighted by Crippen LogP contribution is -2.44. The van der Waals surface area contributed by atoms with E-state index < -0.39 is 0 Å². The standard InChI is InChI=1S/C26H32N4O6/c1-33-19-6-7-21(34-2)20(15-19)24(32)29-12-9-26(10-13-29)11-14-30(17-26)22(31)8-5-18-16-27-25(36-4)28-23(18)35-3/h5-8,15-16H,9-14,17H2,1-4H3/b8-5+. The number of hydrogen-bond acceptors (Lipinski definition) is 8. The van der Waals surface area contributed by atoms with E-state index in [0.29, 0.717) is 54.7 Å². The van der Waals surface area contributed by atoms with Crippen LogP contribution in [0.5, 0.6) is 23.4 Å². The lowest BCUT2D eigenvalue weighted by atomic mass is 9.77. The minimum Gasteiger partial charge on any atom is -0.497 e. The highest BCUT2D eigenvalue weighted by atomic mass is 16.5. The highest BCUT2D eigenvalue weighted by molar-refractivity contribution is 5.97. The van der Waals surface area contributed by atoms with Gasteiger partial charge in [-0.15, -0.1) is 0 Å². The molecule has 0 unspecified atom stereocenters. The van der Waals surface area contributed by atoms with Gasteiger partial charge in [-0.3, -0.25) is 9.59 Å². The van der Waals surface area contributed by atoms with Gasteiger partial charge in [-0.2, -0.15) is 4.98 Å². The van der Waals surface area contributed by atoms with Crippen molar-refractivity contribution in [3.63, 3.8) is 0 Å². The summed E-state index contributed by atoms with van der Waals surface area (Å²) in [6.07, 6.45) is 7.36. The third-order valence-corrected chi connectivity index (χ3v) is 7.04. The van der Waals surface area contributed by atoms with Gasteiger partial charge in [-0.25, -0.2) is 4.98 Å². The average molecular weight is 497 g/mol. The number of amides is 2. The number of carbonyl (C=O) groups excluding carboxylic acids is 2. The first-order chi connectivity index (χ1) is 17.4. The summed E-state index contributed by atoms with van der Waals surface area (Å²) in [6, 6.07) is 5.44. The lowest BCUT2D eigenvalue weighted by molar-refractivity contribution is -0.125. The predicted molar refractivity (Wildman–Crippen MR) is 132 cm³/mol. The summed E-state index contributed by atoms with van der Waals surface area (Å²) in [5, 5.41) is 0. The molecule has 0 atom stereocenters. The number of piperidine rings is 1. The monoisotopic (exact) mass is 496 g/mol. The number of benzene rings is 1. The normalized spacial score (nSPS) is 16.9. The molecule has 1 aromatic carbocycles. The van der Waals surface area contributed by atoms with Crippen LogP contribution in [-0.4, -0.2) is 86.2 Å². The molecule has 192 valence electrons. The molecule has 36 heavy (non-hydrogen) atoms. The molecule has 2 aromatic rings. The number of aromatic nitrogens is 2. The first kappa shape index (κ1) is 25.3. The number of hydrogen-bond donors (Lipinski definition) is 0. The van der Waals surface area contributed by atoms with E-state index in [9.17, 15) is 9.59 Å². The first-order valence-corrected chi connectivity index (χ1v) is 11.9. The third-order valence-electron chi connectivity index (χ3n) is 7.04. The Balaban J connectivity index is 1.36. The van der Waals surface area contributed by atoms with Crippen LogP contribution in [0.15, 0.2) is 30.5 Å². The van der Waals surface area contributed by atoms with Crippen molar-refractivity contribution in [3.05, 3.63) is 41.6 Å². The first-order valence-electron chi connectivity index (χ1n) is 11.9. The molecule has 10 nitrogen and oxygen atoms in total. The van der Waals surface area contributed by atoms with Gasteiger partial charge < -0.3 is 28.7 Å². The second-order valence-electron chi connectivity index (χ2n) is 9.02. The van der Waals surface area contributed by atoms with E-state index >= 15 is 0 Å². The van der Waals surface area contributed by atoms with E-state index in [-0.39, 0.29) is 23.2 Å². The highest BCUT2D eigenvalue weighted by Gasteiger charge is 2.42. The van der Waals surface area contributed by atoms with Gasteiger partial charge in [-0.1, -0.05) is 0 Å². The molecule has 4 rings (SSSR count). The van der Waals surface area contributed by atoms with Gasteiger partial charge in [0.15, 0.2) is 0 Å². The van der Waals surface area contributed by atoms with Crippen molar-refractivity contribution in [3.8, 4) is 23.4 Å². The fraction of sp³-hybridized carbons (Fsp3) is 0.462. The van der Waals surface area contributed by atoms with Gasteiger partial charge in [0.2, 0.25) is 11.8 Å². The molecule has 1 spiro atoms. The smallest absolute Gasteiger partial charge is 0.319 e. The van der Waals surface area contributed by atoms with Crippen molar-refractivity contribution in [1.29, 1.82) is 0 Å². The summed E-state index contributed by atoms with van der Waals surface area (Å²) in [6.45, 7) is 2.64. The lowest BCUT2D eigenvalue weighted by Gasteiger charge is -2.39. The van der Waals surface area contributed by atoms with Crippen LogP contribution in [0.2, 0.25) is 0 Å². The van der Waals surface area contributed by atoms with Gasteiger partial charge in [-0.05, 0) is 49.0 Å². The Bertz CT molecular complexity index is 1140. The van der Waals surface area contributed by atoms with Crippen molar-refractivity contribution in [2.24, 2.45) is 5.41 Å². The Labute approximate surface area is 210 Å². The van der Waals surface area contributed by atoms with Crippen LogP contribution in [0, 0.1) is 5.41 Å². The summed E-state index contributed by atoms with van der Waals surface area (Å²) in [5.74, 6) is 1.36. The van der Waals surface area contributed by atoms with E-state index in [0.717, 1.165) is 19.3 Å². The molecule has 0 aliphatic carbocycles. The van der Waals surface area contributed by atoms with Crippen LogP contribution in [0.25, 0.3) is 6.08 Å². The van der Waals surface area contributed by atoms with Crippen LogP contribution < -0.4 is 18.9 Å². The van der Waals surface area contributed by atoms with E-state index in [4.69, 9.17) is 18.9 Å². The Morgan fingerprint density at radius 2 is 1.67 bits per heavy atom. The molecule has 1 aromatic heterocycles. The van der Waals surface area contributed by atoms with Crippen LogP contribution in [-0.2, 0) is 4.79 Å². The maximum Gasteiger partial charge on any atom is 0.319 e. The Hall–Kier alpha value is -3.82. The fourth-order valence-corrected chi connectivity index (χ4v) is 4.87. The quantitative estimate of drug-likeness (QED) is 0.539. The minimum absolute atomic E-state index is 0.0274. The van der Waals surface area contributed by atoms with E-state index in [2.05, 4.69) is 9.97 Å². The van der Waals surface area contributed by atoms with Gasteiger partial charge in [0.1, 0.15) is 11.5 Å². The molecule has 0 radical (unpaired) electrons. The van der Waals surface area contributed by atoms with Gasteiger partial charge in [0.05, 0.1) is 39.6 Å². The van der Waals surface area contributed by atoms with Crippen molar-refractivity contribution >= 4 is 17.9 Å². The topological polar surface area (TPSA) is 103 Å². The van der Waals surface area contributed by atoms with Gasteiger partial charge in [0, 0.05) is 38.5 Å².